The monoisotopic (exact) mass is 275 g/mol. The number of carbonyl (C=O) groups is 1. The average Bonchev–Trinajstić information content (AvgIpc) is 2.78. The highest BCUT2D eigenvalue weighted by Gasteiger charge is 2.10. The first kappa shape index (κ1) is 13.5. The van der Waals surface area contributed by atoms with Gasteiger partial charge in [-0.3, -0.25) is 10.1 Å². The molecule has 2 rings (SSSR count). The van der Waals surface area contributed by atoms with E-state index in [0.717, 1.165) is 22.7 Å². The number of nitrogens with one attached hydrogen (secondary N) is 2. The molecule has 0 aliphatic carbocycles. The maximum atomic E-state index is 12.1. The van der Waals surface area contributed by atoms with E-state index in [1.165, 1.54) is 11.3 Å². The van der Waals surface area contributed by atoms with Crippen molar-refractivity contribution >= 4 is 28.1 Å². The van der Waals surface area contributed by atoms with E-state index in [9.17, 15) is 4.79 Å². The Bertz CT molecular complexity index is 575. The third kappa shape index (κ3) is 3.12. The third-order valence-corrected chi connectivity index (χ3v) is 3.81. The predicted octanol–water partition coefficient (Wildman–Crippen LogP) is 3.31. The lowest BCUT2D eigenvalue weighted by Gasteiger charge is -2.03. The number of thiazole rings is 1. The molecule has 1 aromatic heterocycles. The molecule has 2 N–H and O–H groups in total. The second-order valence-electron chi connectivity index (χ2n) is 4.16. The number of hydrogen-bond acceptors (Lipinski definition) is 4. The van der Waals surface area contributed by atoms with Crippen LogP contribution in [0.1, 0.15) is 27.9 Å². The Morgan fingerprint density at radius 1 is 1.32 bits per heavy atom. The number of rotatable bonds is 4. The quantitative estimate of drug-likeness (QED) is 0.900. The van der Waals surface area contributed by atoms with Gasteiger partial charge in [0.05, 0.1) is 5.69 Å². The van der Waals surface area contributed by atoms with Crippen LogP contribution in [0, 0.1) is 6.92 Å². The molecule has 0 fully saturated rings. The Morgan fingerprint density at radius 2 is 2.00 bits per heavy atom. The molecule has 0 bridgehead atoms. The third-order valence-electron chi connectivity index (χ3n) is 2.88. The van der Waals surface area contributed by atoms with Crippen LogP contribution in [0.3, 0.4) is 0 Å². The Balaban J connectivity index is 2.11. The van der Waals surface area contributed by atoms with E-state index in [-0.39, 0.29) is 5.91 Å². The molecule has 0 unspecified atom stereocenters. The summed E-state index contributed by atoms with van der Waals surface area (Å²) in [6, 6.07) is 7.34. The standard InChI is InChI=1S/C14H17N3OS/c1-4-12-9(2)19-14(16-12)17-13(18)10-5-7-11(15-3)8-6-10/h5-8,15H,4H2,1-3H3,(H,16,17,18). The van der Waals surface area contributed by atoms with Gasteiger partial charge in [-0.15, -0.1) is 11.3 Å². The highest BCUT2D eigenvalue weighted by molar-refractivity contribution is 7.15. The molecule has 4 nitrogen and oxygen atoms in total. The zero-order chi connectivity index (χ0) is 13.8. The minimum Gasteiger partial charge on any atom is -0.388 e. The molecule has 2 aromatic rings. The van der Waals surface area contributed by atoms with Gasteiger partial charge in [0.15, 0.2) is 5.13 Å². The molecular formula is C14H17N3OS. The summed E-state index contributed by atoms with van der Waals surface area (Å²) >= 11 is 1.51. The Kier molecular flexibility index (Phi) is 4.16. The summed E-state index contributed by atoms with van der Waals surface area (Å²) in [5.41, 5.74) is 2.66. The number of hydrogen-bond donors (Lipinski definition) is 2. The number of carbonyl (C=O) groups excluding carboxylic acids is 1. The van der Waals surface area contributed by atoms with Gasteiger partial charge in [-0.1, -0.05) is 6.92 Å². The second-order valence-corrected chi connectivity index (χ2v) is 5.36. The van der Waals surface area contributed by atoms with Crippen LogP contribution in [0.4, 0.5) is 10.8 Å². The van der Waals surface area contributed by atoms with E-state index in [2.05, 4.69) is 22.5 Å². The zero-order valence-corrected chi connectivity index (χ0v) is 12.1. The SMILES string of the molecule is CCc1nc(NC(=O)c2ccc(NC)cc2)sc1C. The number of amides is 1. The van der Waals surface area contributed by atoms with Crippen LogP contribution in [-0.4, -0.2) is 17.9 Å². The van der Waals surface area contributed by atoms with Crippen molar-refractivity contribution in [3.8, 4) is 0 Å². The molecular weight excluding hydrogens is 258 g/mol. The molecule has 0 saturated carbocycles. The summed E-state index contributed by atoms with van der Waals surface area (Å²) in [6.07, 6.45) is 0.884. The lowest BCUT2D eigenvalue weighted by molar-refractivity contribution is 0.102. The van der Waals surface area contributed by atoms with Gasteiger partial charge in [0, 0.05) is 23.2 Å². The lowest BCUT2D eigenvalue weighted by atomic mass is 10.2. The maximum Gasteiger partial charge on any atom is 0.257 e. The fourth-order valence-electron chi connectivity index (χ4n) is 1.77. The van der Waals surface area contributed by atoms with Gasteiger partial charge in [0.25, 0.3) is 5.91 Å². The van der Waals surface area contributed by atoms with Gasteiger partial charge in [-0.25, -0.2) is 4.98 Å². The van der Waals surface area contributed by atoms with Crippen molar-refractivity contribution in [2.75, 3.05) is 17.7 Å². The maximum absolute atomic E-state index is 12.1. The molecule has 19 heavy (non-hydrogen) atoms. The zero-order valence-electron chi connectivity index (χ0n) is 11.3. The van der Waals surface area contributed by atoms with Crippen molar-refractivity contribution in [3.05, 3.63) is 40.4 Å². The summed E-state index contributed by atoms with van der Waals surface area (Å²) in [7, 11) is 1.85. The van der Waals surface area contributed by atoms with Gasteiger partial charge in [0.1, 0.15) is 0 Å². The first-order valence-electron chi connectivity index (χ1n) is 6.19. The van der Waals surface area contributed by atoms with E-state index in [1.807, 2.05) is 26.1 Å². The summed E-state index contributed by atoms with van der Waals surface area (Å²) in [5, 5.41) is 6.52. The summed E-state index contributed by atoms with van der Waals surface area (Å²) < 4.78 is 0. The summed E-state index contributed by atoms with van der Waals surface area (Å²) in [5.74, 6) is -0.126. The number of aryl methyl sites for hydroxylation is 2. The number of aromatic nitrogens is 1. The highest BCUT2D eigenvalue weighted by atomic mass is 32.1. The Hall–Kier alpha value is -1.88. The molecule has 5 heteroatoms. The number of nitrogens with zero attached hydrogens (tertiary/aromatic N) is 1. The van der Waals surface area contributed by atoms with Crippen LogP contribution in [0.25, 0.3) is 0 Å². The largest absolute Gasteiger partial charge is 0.388 e. The normalized spacial score (nSPS) is 10.3. The van der Waals surface area contributed by atoms with E-state index >= 15 is 0 Å². The molecule has 1 aromatic carbocycles. The smallest absolute Gasteiger partial charge is 0.257 e. The van der Waals surface area contributed by atoms with Crippen LogP contribution < -0.4 is 10.6 Å². The van der Waals surface area contributed by atoms with Gasteiger partial charge in [0.2, 0.25) is 0 Å². The van der Waals surface area contributed by atoms with Gasteiger partial charge in [-0.2, -0.15) is 0 Å². The lowest BCUT2D eigenvalue weighted by Crippen LogP contribution is -2.11. The fraction of sp³-hybridized carbons (Fsp3) is 0.286. The summed E-state index contributed by atoms with van der Waals surface area (Å²) in [4.78, 5) is 17.6. The second kappa shape index (κ2) is 5.84. The van der Waals surface area contributed by atoms with Crippen LogP contribution >= 0.6 is 11.3 Å². The topological polar surface area (TPSA) is 54.0 Å². The van der Waals surface area contributed by atoms with Crippen molar-refractivity contribution in [3.63, 3.8) is 0 Å². The van der Waals surface area contributed by atoms with Crippen LogP contribution in [0.5, 0.6) is 0 Å². The predicted molar refractivity (Wildman–Crippen MR) is 80.2 cm³/mol. The van der Waals surface area contributed by atoms with Gasteiger partial charge >= 0.3 is 0 Å². The molecule has 0 atom stereocenters. The first-order valence-corrected chi connectivity index (χ1v) is 7.01. The molecule has 0 spiro atoms. The van der Waals surface area contributed by atoms with Crippen LogP contribution in [0.15, 0.2) is 24.3 Å². The van der Waals surface area contributed by atoms with Crippen LogP contribution in [0.2, 0.25) is 0 Å². The van der Waals surface area contributed by atoms with E-state index < -0.39 is 0 Å². The van der Waals surface area contributed by atoms with E-state index in [4.69, 9.17) is 0 Å². The first-order chi connectivity index (χ1) is 9.13. The molecule has 0 radical (unpaired) electrons. The molecule has 0 saturated heterocycles. The van der Waals surface area contributed by atoms with Gasteiger partial charge < -0.3 is 5.32 Å². The van der Waals surface area contributed by atoms with Crippen molar-refractivity contribution < 1.29 is 4.79 Å². The van der Waals surface area contributed by atoms with Crippen molar-refractivity contribution in [1.29, 1.82) is 0 Å². The Labute approximate surface area is 116 Å². The molecule has 100 valence electrons. The number of benzene rings is 1. The van der Waals surface area contributed by atoms with Crippen molar-refractivity contribution in [2.24, 2.45) is 0 Å². The average molecular weight is 275 g/mol. The van der Waals surface area contributed by atoms with Crippen LogP contribution in [-0.2, 0) is 6.42 Å². The summed E-state index contributed by atoms with van der Waals surface area (Å²) in [6.45, 7) is 4.08. The molecule has 1 heterocycles. The molecule has 0 aliphatic rings. The minimum atomic E-state index is -0.126. The molecule has 1 amide bonds. The van der Waals surface area contributed by atoms with Gasteiger partial charge in [-0.05, 0) is 37.6 Å². The molecule has 0 aliphatic heterocycles. The van der Waals surface area contributed by atoms with E-state index in [1.54, 1.807) is 12.1 Å². The highest BCUT2D eigenvalue weighted by Crippen LogP contribution is 2.23. The van der Waals surface area contributed by atoms with Crippen molar-refractivity contribution in [2.45, 2.75) is 20.3 Å². The fourth-order valence-corrected chi connectivity index (χ4v) is 2.66. The number of anilines is 2. The minimum absolute atomic E-state index is 0.126. The van der Waals surface area contributed by atoms with Crippen molar-refractivity contribution in [1.82, 2.24) is 4.98 Å². The van der Waals surface area contributed by atoms with E-state index in [0.29, 0.717) is 10.7 Å². The Morgan fingerprint density at radius 3 is 2.53 bits per heavy atom.